The van der Waals surface area contributed by atoms with Crippen molar-refractivity contribution in [1.29, 1.82) is 0 Å². The number of carbonyl (C=O) groups is 2. The maximum absolute atomic E-state index is 12.7. The van der Waals surface area contributed by atoms with Crippen LogP contribution in [-0.2, 0) is 14.8 Å². The minimum absolute atomic E-state index is 0.142. The van der Waals surface area contributed by atoms with Gasteiger partial charge in [0.1, 0.15) is 11.7 Å². The van der Waals surface area contributed by atoms with E-state index < -0.39 is 22.0 Å². The van der Waals surface area contributed by atoms with E-state index in [0.29, 0.717) is 0 Å². The number of amides is 1. The van der Waals surface area contributed by atoms with Crippen LogP contribution in [0, 0.1) is 6.92 Å². The van der Waals surface area contributed by atoms with Crippen LogP contribution in [0.3, 0.4) is 0 Å². The fraction of sp³-hybridized carbons (Fsp3) is 0.389. The average molecular weight is 406 g/mol. The molecule has 1 aromatic carbocycles. The van der Waals surface area contributed by atoms with Gasteiger partial charge in [0.15, 0.2) is 0 Å². The van der Waals surface area contributed by atoms with Gasteiger partial charge in [0.2, 0.25) is 10.0 Å². The average Bonchev–Trinajstić information content (AvgIpc) is 3.17. The molecule has 1 aliphatic rings. The molecule has 1 saturated heterocycles. The summed E-state index contributed by atoms with van der Waals surface area (Å²) in [5.74, 6) is -1.39. The maximum atomic E-state index is 12.7. The molecule has 1 N–H and O–H groups in total. The van der Waals surface area contributed by atoms with Crippen LogP contribution in [0.5, 0.6) is 0 Å². The third kappa shape index (κ3) is 3.92. The van der Waals surface area contributed by atoms with Crippen molar-refractivity contribution in [3.05, 3.63) is 47.8 Å². The molecule has 2 heterocycles. The number of aromatic nitrogens is 2. The Morgan fingerprint density at radius 2 is 1.68 bits per heavy atom. The zero-order chi connectivity index (χ0) is 20.5. The first-order valence-corrected chi connectivity index (χ1v) is 10.3. The van der Waals surface area contributed by atoms with Crippen LogP contribution >= 0.6 is 0 Å². The molecule has 1 amide bonds. The minimum atomic E-state index is -3.60. The zero-order valence-corrected chi connectivity index (χ0v) is 16.5. The predicted octanol–water partition coefficient (Wildman–Crippen LogP) is 0.984. The monoisotopic (exact) mass is 406 g/mol. The second-order valence-electron chi connectivity index (χ2n) is 6.70. The van der Waals surface area contributed by atoms with Crippen molar-refractivity contribution in [3.63, 3.8) is 0 Å². The molecule has 150 valence electrons. The molecule has 1 fully saturated rings. The molecular weight excluding hydrogens is 384 g/mol. The van der Waals surface area contributed by atoms with Crippen LogP contribution < -0.4 is 0 Å². The second kappa shape index (κ2) is 7.72. The Hall–Kier alpha value is -2.72. The smallest absolute Gasteiger partial charge is 0.328 e. The van der Waals surface area contributed by atoms with E-state index in [1.165, 1.54) is 33.1 Å². The van der Waals surface area contributed by atoms with Crippen molar-refractivity contribution >= 4 is 21.9 Å². The number of nitrogens with zero attached hydrogens (tertiary/aromatic N) is 4. The van der Waals surface area contributed by atoms with E-state index in [0.717, 1.165) is 5.56 Å². The summed E-state index contributed by atoms with van der Waals surface area (Å²) in [7, 11) is -3.60. The maximum Gasteiger partial charge on any atom is 0.328 e. The second-order valence-corrected chi connectivity index (χ2v) is 8.64. The lowest BCUT2D eigenvalue weighted by atomic mass is 10.2. The Morgan fingerprint density at radius 3 is 2.25 bits per heavy atom. The number of carboxylic acid groups (broad SMARTS) is 1. The third-order valence-electron chi connectivity index (χ3n) is 4.77. The van der Waals surface area contributed by atoms with Crippen LogP contribution in [0.1, 0.15) is 29.0 Å². The van der Waals surface area contributed by atoms with E-state index in [2.05, 4.69) is 5.10 Å². The molecule has 9 nitrogen and oxygen atoms in total. The van der Waals surface area contributed by atoms with Gasteiger partial charge in [-0.25, -0.2) is 13.2 Å². The molecule has 0 saturated carbocycles. The highest BCUT2D eigenvalue weighted by molar-refractivity contribution is 7.89. The van der Waals surface area contributed by atoms with E-state index >= 15 is 0 Å². The standard InChI is InChI=1S/C18H22N4O5S/c1-13-3-5-15(6-4-13)28(26,27)21-11-9-20(10-12-21)17(23)16-7-8-22(19-16)14(2)18(24)25/h3-8,14H,9-12H2,1-2H3,(H,24,25). The third-order valence-corrected chi connectivity index (χ3v) is 6.68. The predicted molar refractivity (Wildman–Crippen MR) is 100 cm³/mol. The number of hydrogen-bond donors (Lipinski definition) is 1. The Bertz CT molecular complexity index is 976. The van der Waals surface area contributed by atoms with E-state index in [9.17, 15) is 18.0 Å². The molecule has 10 heteroatoms. The normalized spacial score (nSPS) is 16.7. The largest absolute Gasteiger partial charge is 0.480 e. The highest BCUT2D eigenvalue weighted by Crippen LogP contribution is 2.19. The zero-order valence-electron chi connectivity index (χ0n) is 15.6. The molecule has 1 atom stereocenters. The highest BCUT2D eigenvalue weighted by atomic mass is 32.2. The summed E-state index contributed by atoms with van der Waals surface area (Å²) in [6.07, 6.45) is 1.45. The lowest BCUT2D eigenvalue weighted by molar-refractivity contribution is -0.140. The summed E-state index contributed by atoms with van der Waals surface area (Å²) in [5.41, 5.74) is 1.12. The minimum Gasteiger partial charge on any atom is -0.480 e. The number of rotatable bonds is 5. The van der Waals surface area contributed by atoms with Crippen LogP contribution in [0.4, 0.5) is 0 Å². The van der Waals surface area contributed by atoms with Crippen LogP contribution in [-0.4, -0.2) is 70.6 Å². The van der Waals surface area contributed by atoms with Gasteiger partial charge in [0, 0.05) is 32.4 Å². The molecule has 28 heavy (non-hydrogen) atoms. The van der Waals surface area contributed by atoms with Crippen LogP contribution in [0.25, 0.3) is 0 Å². The van der Waals surface area contributed by atoms with Gasteiger partial charge in [0.25, 0.3) is 5.91 Å². The van der Waals surface area contributed by atoms with Gasteiger partial charge < -0.3 is 10.0 Å². The van der Waals surface area contributed by atoms with Crippen molar-refractivity contribution in [1.82, 2.24) is 19.0 Å². The van der Waals surface area contributed by atoms with E-state index in [-0.39, 0.29) is 42.7 Å². The summed E-state index contributed by atoms with van der Waals surface area (Å²) in [6, 6.07) is 7.26. The Morgan fingerprint density at radius 1 is 1.07 bits per heavy atom. The van der Waals surface area contributed by atoms with Crippen molar-refractivity contribution in [2.75, 3.05) is 26.2 Å². The first-order chi connectivity index (χ1) is 13.2. The van der Waals surface area contributed by atoms with Crippen molar-refractivity contribution in [2.45, 2.75) is 24.8 Å². The first-order valence-electron chi connectivity index (χ1n) is 8.84. The topological polar surface area (TPSA) is 113 Å². The molecule has 2 aromatic rings. The molecule has 1 aromatic heterocycles. The van der Waals surface area contributed by atoms with Gasteiger partial charge in [0.05, 0.1) is 4.90 Å². The molecule has 0 aliphatic carbocycles. The first kappa shape index (κ1) is 20.0. The van der Waals surface area contributed by atoms with Crippen LogP contribution in [0.15, 0.2) is 41.4 Å². The molecule has 0 bridgehead atoms. The van der Waals surface area contributed by atoms with Gasteiger partial charge in [-0.15, -0.1) is 0 Å². The fourth-order valence-corrected chi connectivity index (χ4v) is 4.36. The SMILES string of the molecule is Cc1ccc(S(=O)(=O)N2CCN(C(=O)c3ccn(C(C)C(=O)O)n3)CC2)cc1. The Kier molecular flexibility index (Phi) is 5.52. The number of piperazine rings is 1. The summed E-state index contributed by atoms with van der Waals surface area (Å²) in [5, 5.41) is 13.1. The lowest BCUT2D eigenvalue weighted by Crippen LogP contribution is -2.50. The summed E-state index contributed by atoms with van der Waals surface area (Å²) < 4.78 is 28.1. The Balaban J connectivity index is 1.66. The van der Waals surface area contributed by atoms with Gasteiger partial charge in [-0.05, 0) is 32.0 Å². The lowest BCUT2D eigenvalue weighted by Gasteiger charge is -2.33. The van der Waals surface area contributed by atoms with Crippen molar-refractivity contribution < 1.29 is 23.1 Å². The number of aliphatic carboxylic acids is 1. The number of sulfonamides is 1. The molecule has 0 radical (unpaired) electrons. The number of aryl methyl sites for hydroxylation is 1. The van der Waals surface area contributed by atoms with Gasteiger partial charge in [-0.1, -0.05) is 17.7 Å². The number of carboxylic acids is 1. The quantitative estimate of drug-likeness (QED) is 0.792. The van der Waals surface area contributed by atoms with E-state index in [1.807, 2.05) is 6.92 Å². The summed E-state index contributed by atoms with van der Waals surface area (Å²) in [4.78, 5) is 25.4. The number of carbonyl (C=O) groups excluding carboxylic acids is 1. The molecule has 1 aliphatic heterocycles. The summed E-state index contributed by atoms with van der Waals surface area (Å²) in [6.45, 7) is 4.22. The molecular formula is C18H22N4O5S. The molecule has 3 rings (SSSR count). The molecule has 1 unspecified atom stereocenters. The molecule has 0 spiro atoms. The highest BCUT2D eigenvalue weighted by Gasteiger charge is 2.31. The van der Waals surface area contributed by atoms with E-state index in [4.69, 9.17) is 5.11 Å². The van der Waals surface area contributed by atoms with Crippen molar-refractivity contribution in [2.24, 2.45) is 0 Å². The summed E-state index contributed by atoms with van der Waals surface area (Å²) >= 11 is 0. The number of hydrogen-bond acceptors (Lipinski definition) is 5. The number of benzene rings is 1. The van der Waals surface area contributed by atoms with Gasteiger partial charge >= 0.3 is 5.97 Å². The van der Waals surface area contributed by atoms with Crippen molar-refractivity contribution in [3.8, 4) is 0 Å². The van der Waals surface area contributed by atoms with E-state index in [1.54, 1.807) is 24.3 Å². The van der Waals surface area contributed by atoms with Crippen LogP contribution in [0.2, 0.25) is 0 Å². The van der Waals surface area contributed by atoms with Gasteiger partial charge in [-0.2, -0.15) is 9.40 Å². The fourth-order valence-electron chi connectivity index (χ4n) is 2.93. The Labute approximate surface area is 163 Å². The van der Waals surface area contributed by atoms with Gasteiger partial charge in [-0.3, -0.25) is 9.48 Å².